The first-order valence-corrected chi connectivity index (χ1v) is 17.2. The van der Waals surface area contributed by atoms with Crippen LogP contribution in [0.25, 0.3) is 22.3 Å². The highest BCUT2D eigenvalue weighted by molar-refractivity contribution is 5.72. The maximum Gasteiger partial charge on any atom is 0.201 e. The molecule has 45 heavy (non-hydrogen) atoms. The molecular formula is C40H48F4O. The second-order valence-corrected chi connectivity index (χ2v) is 13.3. The van der Waals surface area contributed by atoms with Crippen molar-refractivity contribution in [3.8, 4) is 28.0 Å². The Bertz CT molecular complexity index is 1400. The van der Waals surface area contributed by atoms with Gasteiger partial charge in [-0.05, 0) is 110 Å². The van der Waals surface area contributed by atoms with Crippen molar-refractivity contribution < 1.29 is 22.3 Å². The van der Waals surface area contributed by atoms with Gasteiger partial charge in [-0.1, -0.05) is 81.5 Å². The Labute approximate surface area is 267 Å². The molecule has 0 N–H and O–H groups in total. The summed E-state index contributed by atoms with van der Waals surface area (Å²) >= 11 is 0. The predicted octanol–water partition coefficient (Wildman–Crippen LogP) is 12.6. The van der Waals surface area contributed by atoms with Crippen molar-refractivity contribution in [1.82, 2.24) is 0 Å². The topological polar surface area (TPSA) is 9.23 Å². The number of allylic oxidation sites excluding steroid dienone is 1. The molecule has 0 aromatic heterocycles. The zero-order valence-corrected chi connectivity index (χ0v) is 26.7. The highest BCUT2D eigenvalue weighted by atomic mass is 19.2. The smallest absolute Gasteiger partial charge is 0.201 e. The van der Waals surface area contributed by atoms with E-state index >= 15 is 13.2 Å². The second-order valence-electron chi connectivity index (χ2n) is 13.3. The van der Waals surface area contributed by atoms with Crippen LogP contribution in [0.2, 0.25) is 0 Å². The Hall–Kier alpha value is -3.08. The van der Waals surface area contributed by atoms with E-state index in [1.807, 2.05) is 0 Å². The van der Waals surface area contributed by atoms with Gasteiger partial charge in [-0.3, -0.25) is 0 Å². The summed E-state index contributed by atoms with van der Waals surface area (Å²) in [7, 11) is 0. The molecule has 0 spiro atoms. The monoisotopic (exact) mass is 620 g/mol. The van der Waals surface area contributed by atoms with Crippen LogP contribution in [0.15, 0.2) is 61.2 Å². The van der Waals surface area contributed by atoms with Gasteiger partial charge in [0.25, 0.3) is 0 Å². The Morgan fingerprint density at radius 3 is 1.76 bits per heavy atom. The van der Waals surface area contributed by atoms with E-state index in [1.165, 1.54) is 57.1 Å². The molecule has 2 fully saturated rings. The van der Waals surface area contributed by atoms with Crippen molar-refractivity contribution in [3.63, 3.8) is 0 Å². The first kappa shape index (κ1) is 33.3. The van der Waals surface area contributed by atoms with Gasteiger partial charge in [0.05, 0.1) is 6.61 Å². The maximum atomic E-state index is 15.4. The number of rotatable bonds is 13. The van der Waals surface area contributed by atoms with E-state index < -0.39 is 23.3 Å². The van der Waals surface area contributed by atoms with Crippen LogP contribution in [0.1, 0.15) is 108 Å². The molecule has 0 aliphatic heterocycles. The first-order valence-electron chi connectivity index (χ1n) is 17.2. The molecule has 0 bridgehead atoms. The zero-order chi connectivity index (χ0) is 31.8. The number of benzene rings is 3. The fraction of sp³-hybridized carbons (Fsp3) is 0.500. The molecule has 2 aliphatic rings. The van der Waals surface area contributed by atoms with Gasteiger partial charge in [-0.25, -0.2) is 13.2 Å². The van der Waals surface area contributed by atoms with Gasteiger partial charge < -0.3 is 4.74 Å². The summed E-state index contributed by atoms with van der Waals surface area (Å²) in [6, 6.07) is 12.8. The Morgan fingerprint density at radius 1 is 0.622 bits per heavy atom. The standard InChI is InChI=1S/C40H48F4O/c1-3-5-6-7-8-9-26-45-36-25-24-35(39(43)40(36)44)32-20-18-31(19-21-32)34-23-22-33(37(41)38(34)42)30-16-14-29(15-17-30)28-12-10-27(4-2)11-13-28/h4,18-25,27-30H,2-3,5-17,26H2,1H3. The summed E-state index contributed by atoms with van der Waals surface area (Å²) in [4.78, 5) is 0. The van der Waals surface area contributed by atoms with Gasteiger partial charge in [0.1, 0.15) is 0 Å². The molecule has 0 amide bonds. The van der Waals surface area contributed by atoms with E-state index in [2.05, 4.69) is 19.6 Å². The molecule has 2 aliphatic carbocycles. The van der Waals surface area contributed by atoms with Gasteiger partial charge in [0.2, 0.25) is 5.82 Å². The van der Waals surface area contributed by atoms with Crippen molar-refractivity contribution in [3.05, 3.63) is 90.0 Å². The van der Waals surface area contributed by atoms with Gasteiger partial charge in [-0.15, -0.1) is 6.58 Å². The fourth-order valence-corrected chi connectivity index (χ4v) is 7.62. The van der Waals surface area contributed by atoms with E-state index in [-0.39, 0.29) is 22.8 Å². The third-order valence-corrected chi connectivity index (χ3v) is 10.4. The molecule has 0 radical (unpaired) electrons. The van der Waals surface area contributed by atoms with E-state index in [1.54, 1.807) is 36.4 Å². The normalized spacial score (nSPS) is 21.9. The number of halogens is 4. The van der Waals surface area contributed by atoms with Crippen LogP contribution >= 0.6 is 0 Å². The van der Waals surface area contributed by atoms with Crippen molar-refractivity contribution >= 4 is 0 Å². The number of hydrogen-bond donors (Lipinski definition) is 0. The van der Waals surface area contributed by atoms with Crippen LogP contribution in [0.4, 0.5) is 17.6 Å². The molecular weight excluding hydrogens is 572 g/mol. The number of unbranched alkanes of at least 4 members (excludes halogenated alkanes) is 5. The predicted molar refractivity (Wildman–Crippen MR) is 176 cm³/mol. The van der Waals surface area contributed by atoms with Crippen LogP contribution in [0, 0.1) is 41.0 Å². The minimum absolute atomic E-state index is 0.0345. The summed E-state index contributed by atoms with van der Waals surface area (Å²) in [5.74, 6) is -1.59. The molecule has 0 heterocycles. The average Bonchev–Trinajstić information content (AvgIpc) is 3.08. The van der Waals surface area contributed by atoms with E-state index in [9.17, 15) is 4.39 Å². The van der Waals surface area contributed by atoms with Crippen LogP contribution < -0.4 is 4.74 Å². The molecule has 0 atom stereocenters. The fourth-order valence-electron chi connectivity index (χ4n) is 7.62. The average molecular weight is 621 g/mol. The molecule has 5 rings (SSSR count). The third-order valence-electron chi connectivity index (χ3n) is 10.4. The summed E-state index contributed by atoms with van der Waals surface area (Å²) in [6.07, 6.45) is 17.4. The van der Waals surface area contributed by atoms with Gasteiger partial charge in [-0.2, -0.15) is 4.39 Å². The van der Waals surface area contributed by atoms with Gasteiger partial charge in [0.15, 0.2) is 23.2 Å². The van der Waals surface area contributed by atoms with Crippen LogP contribution in [-0.2, 0) is 0 Å². The van der Waals surface area contributed by atoms with E-state index in [0.29, 0.717) is 35.1 Å². The van der Waals surface area contributed by atoms with Crippen molar-refractivity contribution in [2.75, 3.05) is 6.61 Å². The molecule has 1 nitrogen and oxygen atoms in total. The first-order chi connectivity index (χ1) is 21.9. The highest BCUT2D eigenvalue weighted by Gasteiger charge is 2.32. The number of ether oxygens (including phenoxy) is 1. The van der Waals surface area contributed by atoms with Crippen molar-refractivity contribution in [2.45, 2.75) is 103 Å². The Kier molecular flexibility index (Phi) is 11.8. The lowest BCUT2D eigenvalue weighted by molar-refractivity contribution is 0.171. The minimum atomic E-state index is -1.01. The molecule has 0 saturated heterocycles. The molecule has 5 heteroatoms. The van der Waals surface area contributed by atoms with E-state index in [0.717, 1.165) is 50.9 Å². The molecule has 242 valence electrons. The number of hydrogen-bond acceptors (Lipinski definition) is 1. The molecule has 3 aromatic carbocycles. The van der Waals surface area contributed by atoms with Crippen molar-refractivity contribution in [2.24, 2.45) is 17.8 Å². The summed E-state index contributed by atoms with van der Waals surface area (Å²) in [5, 5.41) is 0. The largest absolute Gasteiger partial charge is 0.490 e. The molecule has 3 aromatic rings. The molecule has 0 unspecified atom stereocenters. The summed E-state index contributed by atoms with van der Waals surface area (Å²) in [6.45, 7) is 6.46. The lowest BCUT2D eigenvalue weighted by atomic mass is 9.68. The zero-order valence-electron chi connectivity index (χ0n) is 26.7. The molecule has 2 saturated carbocycles. The summed E-state index contributed by atoms with van der Waals surface area (Å²) in [5.41, 5.74) is 1.67. The van der Waals surface area contributed by atoms with Gasteiger partial charge in [0, 0.05) is 11.1 Å². The SMILES string of the molecule is C=CC1CCC(C2CCC(c3ccc(-c4ccc(-c5ccc(OCCCCCCCC)c(F)c5F)cc4)c(F)c3F)CC2)CC1. The Balaban J connectivity index is 1.19. The lowest BCUT2D eigenvalue weighted by Crippen LogP contribution is -2.25. The van der Waals surface area contributed by atoms with Crippen molar-refractivity contribution in [1.29, 1.82) is 0 Å². The van der Waals surface area contributed by atoms with Crippen LogP contribution in [0.3, 0.4) is 0 Å². The van der Waals surface area contributed by atoms with Crippen LogP contribution in [0.5, 0.6) is 5.75 Å². The van der Waals surface area contributed by atoms with E-state index in [4.69, 9.17) is 4.74 Å². The summed E-state index contributed by atoms with van der Waals surface area (Å²) < 4.78 is 66.2. The highest BCUT2D eigenvalue weighted by Crippen LogP contribution is 2.45. The van der Waals surface area contributed by atoms with Crippen LogP contribution in [-0.4, -0.2) is 6.61 Å². The maximum absolute atomic E-state index is 15.4. The second kappa shape index (κ2) is 16.0. The quantitative estimate of drug-likeness (QED) is 0.105. The lowest BCUT2D eigenvalue weighted by Gasteiger charge is -2.37. The minimum Gasteiger partial charge on any atom is -0.490 e. The Morgan fingerprint density at radius 2 is 1.16 bits per heavy atom. The van der Waals surface area contributed by atoms with Gasteiger partial charge >= 0.3 is 0 Å². The third kappa shape index (κ3) is 8.02.